The number of nitrogens with one attached hydrogen (secondary N) is 1. The zero-order valence-electron chi connectivity index (χ0n) is 10.1. The summed E-state index contributed by atoms with van der Waals surface area (Å²) >= 11 is 0. The van der Waals surface area contributed by atoms with Gasteiger partial charge in [-0.2, -0.15) is 0 Å². The van der Waals surface area contributed by atoms with Crippen molar-refractivity contribution in [2.45, 2.75) is 31.9 Å². The Hall–Kier alpha value is -1.53. The van der Waals surface area contributed by atoms with Crippen molar-refractivity contribution in [3.05, 3.63) is 29.6 Å². The van der Waals surface area contributed by atoms with E-state index in [1.807, 2.05) is 13.8 Å². The largest absolute Gasteiger partial charge is 0.488 e. The van der Waals surface area contributed by atoms with Crippen LogP contribution in [0.5, 0.6) is 5.75 Å². The van der Waals surface area contributed by atoms with E-state index in [4.69, 9.17) is 11.2 Å². The third kappa shape index (κ3) is 2.78. The van der Waals surface area contributed by atoms with Gasteiger partial charge >= 0.3 is 0 Å². The van der Waals surface area contributed by atoms with E-state index in [-0.39, 0.29) is 17.5 Å². The Morgan fingerprint density at radius 3 is 3.06 bits per heavy atom. The highest BCUT2D eigenvalue weighted by Crippen LogP contribution is 2.29. The van der Waals surface area contributed by atoms with Gasteiger partial charge in [0.25, 0.3) is 0 Å². The molecule has 0 aromatic heterocycles. The standard InChI is InChI=1S/C14H16FNO/c1-4-14(2,3)16-9-12-8-10-7-11(15)5-6-13(10)17-12/h1,5-7,12,16H,8-9H2,2-3H3. The van der Waals surface area contributed by atoms with Gasteiger partial charge in [0.1, 0.15) is 17.7 Å². The molecule has 3 heteroatoms. The molecule has 0 amide bonds. The monoisotopic (exact) mass is 233 g/mol. The average molecular weight is 233 g/mol. The molecule has 2 rings (SSSR count). The molecule has 1 aliphatic heterocycles. The molecule has 1 aromatic carbocycles. The van der Waals surface area contributed by atoms with Crippen molar-refractivity contribution in [1.82, 2.24) is 5.32 Å². The molecule has 1 heterocycles. The van der Waals surface area contributed by atoms with Crippen LogP contribution in [0.25, 0.3) is 0 Å². The Bertz CT molecular complexity index is 462. The van der Waals surface area contributed by atoms with Crippen molar-refractivity contribution in [3.63, 3.8) is 0 Å². The Morgan fingerprint density at radius 2 is 2.35 bits per heavy atom. The normalized spacial score (nSPS) is 18.4. The Balaban J connectivity index is 1.95. The molecule has 17 heavy (non-hydrogen) atoms. The molecule has 0 bridgehead atoms. The van der Waals surface area contributed by atoms with Crippen LogP contribution in [0.4, 0.5) is 4.39 Å². The lowest BCUT2D eigenvalue weighted by Gasteiger charge is -2.22. The quantitative estimate of drug-likeness (QED) is 0.807. The van der Waals surface area contributed by atoms with Gasteiger partial charge in [-0.3, -0.25) is 5.32 Å². The molecule has 0 radical (unpaired) electrons. The highest BCUT2D eigenvalue weighted by molar-refractivity contribution is 5.38. The van der Waals surface area contributed by atoms with Crippen molar-refractivity contribution >= 4 is 0 Å². The summed E-state index contributed by atoms with van der Waals surface area (Å²) < 4.78 is 18.7. The fraction of sp³-hybridized carbons (Fsp3) is 0.429. The van der Waals surface area contributed by atoms with Crippen LogP contribution in [0.3, 0.4) is 0 Å². The Morgan fingerprint density at radius 1 is 1.59 bits per heavy atom. The summed E-state index contributed by atoms with van der Waals surface area (Å²) in [4.78, 5) is 0. The number of hydrogen-bond donors (Lipinski definition) is 1. The van der Waals surface area contributed by atoms with Crippen molar-refractivity contribution in [2.75, 3.05) is 6.54 Å². The van der Waals surface area contributed by atoms with Crippen molar-refractivity contribution in [3.8, 4) is 18.1 Å². The summed E-state index contributed by atoms with van der Waals surface area (Å²) in [7, 11) is 0. The molecule has 0 saturated heterocycles. The van der Waals surface area contributed by atoms with Crippen LogP contribution in [-0.4, -0.2) is 18.2 Å². The van der Waals surface area contributed by atoms with Gasteiger partial charge in [-0.05, 0) is 32.0 Å². The predicted molar refractivity (Wildman–Crippen MR) is 65.4 cm³/mol. The first-order valence-corrected chi connectivity index (χ1v) is 5.68. The highest BCUT2D eigenvalue weighted by Gasteiger charge is 2.25. The maximum absolute atomic E-state index is 13.0. The number of fused-ring (bicyclic) bond motifs is 1. The lowest BCUT2D eigenvalue weighted by molar-refractivity contribution is 0.218. The third-order valence-electron chi connectivity index (χ3n) is 2.90. The second kappa shape index (κ2) is 4.38. The van der Waals surface area contributed by atoms with Gasteiger partial charge < -0.3 is 4.74 Å². The summed E-state index contributed by atoms with van der Waals surface area (Å²) in [6.07, 6.45) is 6.14. The first-order chi connectivity index (χ1) is 8.00. The molecule has 1 unspecified atom stereocenters. The second-order valence-electron chi connectivity index (χ2n) is 4.85. The van der Waals surface area contributed by atoms with Crippen LogP contribution >= 0.6 is 0 Å². The lowest BCUT2D eigenvalue weighted by Crippen LogP contribution is -2.43. The van der Waals surface area contributed by atoms with E-state index >= 15 is 0 Å². The van der Waals surface area contributed by atoms with E-state index in [2.05, 4.69) is 11.2 Å². The van der Waals surface area contributed by atoms with Gasteiger partial charge in [0, 0.05) is 18.5 Å². The first kappa shape index (κ1) is 11.9. The van der Waals surface area contributed by atoms with Gasteiger partial charge in [0.15, 0.2) is 0 Å². The zero-order valence-corrected chi connectivity index (χ0v) is 10.1. The van der Waals surface area contributed by atoms with Crippen molar-refractivity contribution < 1.29 is 9.13 Å². The molecule has 1 atom stereocenters. The number of ether oxygens (including phenoxy) is 1. The molecule has 1 N–H and O–H groups in total. The van der Waals surface area contributed by atoms with Gasteiger partial charge in [-0.1, -0.05) is 5.92 Å². The number of rotatable bonds is 3. The van der Waals surface area contributed by atoms with Gasteiger partial charge in [-0.15, -0.1) is 6.42 Å². The maximum Gasteiger partial charge on any atom is 0.123 e. The van der Waals surface area contributed by atoms with E-state index in [0.29, 0.717) is 6.54 Å². The Labute approximate surface area is 101 Å². The maximum atomic E-state index is 13.0. The topological polar surface area (TPSA) is 21.3 Å². The summed E-state index contributed by atoms with van der Waals surface area (Å²) in [6, 6.07) is 4.62. The van der Waals surface area contributed by atoms with E-state index < -0.39 is 0 Å². The summed E-state index contributed by atoms with van der Waals surface area (Å²) in [5, 5.41) is 3.25. The predicted octanol–water partition coefficient (Wildman–Crippen LogP) is 2.13. The molecule has 0 saturated carbocycles. The highest BCUT2D eigenvalue weighted by atomic mass is 19.1. The van der Waals surface area contributed by atoms with Crippen LogP contribution in [0.2, 0.25) is 0 Å². The number of hydrogen-bond acceptors (Lipinski definition) is 2. The molecule has 1 aliphatic rings. The van der Waals surface area contributed by atoms with E-state index in [0.717, 1.165) is 17.7 Å². The SMILES string of the molecule is C#CC(C)(C)NCC1Cc2cc(F)ccc2O1. The minimum atomic E-state index is -0.344. The second-order valence-corrected chi connectivity index (χ2v) is 4.85. The van der Waals surface area contributed by atoms with Gasteiger partial charge in [0.2, 0.25) is 0 Å². The van der Waals surface area contributed by atoms with Crippen LogP contribution < -0.4 is 10.1 Å². The molecule has 2 nitrogen and oxygen atoms in total. The molecule has 0 spiro atoms. The fourth-order valence-corrected chi connectivity index (χ4v) is 1.82. The molecular weight excluding hydrogens is 217 g/mol. The van der Waals surface area contributed by atoms with Crippen molar-refractivity contribution in [2.24, 2.45) is 0 Å². The molecule has 0 fully saturated rings. The van der Waals surface area contributed by atoms with Crippen LogP contribution in [0, 0.1) is 18.2 Å². The van der Waals surface area contributed by atoms with E-state index in [1.54, 1.807) is 6.07 Å². The van der Waals surface area contributed by atoms with Crippen molar-refractivity contribution in [1.29, 1.82) is 0 Å². The molecule has 0 aliphatic carbocycles. The van der Waals surface area contributed by atoms with Crippen LogP contribution in [-0.2, 0) is 6.42 Å². The minimum Gasteiger partial charge on any atom is -0.488 e. The lowest BCUT2D eigenvalue weighted by atomic mass is 10.1. The molecular formula is C14H16FNO. The first-order valence-electron chi connectivity index (χ1n) is 5.68. The smallest absolute Gasteiger partial charge is 0.123 e. The van der Waals surface area contributed by atoms with Crippen LogP contribution in [0.15, 0.2) is 18.2 Å². The van der Waals surface area contributed by atoms with E-state index in [1.165, 1.54) is 12.1 Å². The average Bonchev–Trinajstić information content (AvgIpc) is 2.68. The van der Waals surface area contributed by atoms with Gasteiger partial charge in [-0.25, -0.2) is 4.39 Å². The Kier molecular flexibility index (Phi) is 3.08. The summed E-state index contributed by atoms with van der Waals surface area (Å²) in [5.41, 5.74) is 0.582. The summed E-state index contributed by atoms with van der Waals surface area (Å²) in [6.45, 7) is 4.54. The number of terminal acetylenes is 1. The molecule has 1 aromatic rings. The molecule has 90 valence electrons. The number of benzene rings is 1. The third-order valence-corrected chi connectivity index (χ3v) is 2.90. The minimum absolute atomic E-state index is 0.0272. The summed E-state index contributed by atoms with van der Waals surface area (Å²) in [5.74, 6) is 3.23. The number of halogens is 1. The van der Waals surface area contributed by atoms with Gasteiger partial charge in [0.05, 0.1) is 5.54 Å². The van der Waals surface area contributed by atoms with Crippen LogP contribution in [0.1, 0.15) is 19.4 Å². The zero-order chi connectivity index (χ0) is 12.5. The van der Waals surface area contributed by atoms with E-state index in [9.17, 15) is 4.39 Å². The fourth-order valence-electron chi connectivity index (χ4n) is 1.82.